The summed E-state index contributed by atoms with van der Waals surface area (Å²) in [5, 5.41) is 8.33. The molecule has 0 saturated carbocycles. The maximum absolute atomic E-state index is 5.69. The minimum absolute atomic E-state index is 0.117. The summed E-state index contributed by atoms with van der Waals surface area (Å²) in [6.07, 6.45) is -0.143. The molecule has 0 bridgehead atoms. The molecule has 0 aromatic carbocycles. The van der Waals surface area contributed by atoms with Gasteiger partial charge in [0.15, 0.2) is 5.82 Å². The second kappa shape index (κ2) is 4.72. The lowest BCUT2D eigenvalue weighted by molar-refractivity contribution is -0.0957. The SMILES string of the molecule is CC(C)(C)n1c(CN)nnc1C1COCCO1. The van der Waals surface area contributed by atoms with E-state index >= 15 is 0 Å². The highest BCUT2D eigenvalue weighted by molar-refractivity contribution is 5.04. The molecule has 2 N–H and O–H groups in total. The zero-order valence-corrected chi connectivity index (χ0v) is 10.6. The largest absolute Gasteiger partial charge is 0.376 e. The molecule has 17 heavy (non-hydrogen) atoms. The Morgan fingerprint density at radius 2 is 2.12 bits per heavy atom. The van der Waals surface area contributed by atoms with Crippen LogP contribution in [0.1, 0.15) is 38.5 Å². The molecule has 6 nitrogen and oxygen atoms in total. The first-order valence-electron chi connectivity index (χ1n) is 5.88. The summed E-state index contributed by atoms with van der Waals surface area (Å²) >= 11 is 0. The van der Waals surface area contributed by atoms with Crippen molar-refractivity contribution in [3.63, 3.8) is 0 Å². The summed E-state index contributed by atoms with van der Waals surface area (Å²) in [7, 11) is 0. The molecular weight excluding hydrogens is 220 g/mol. The van der Waals surface area contributed by atoms with E-state index in [-0.39, 0.29) is 11.6 Å². The van der Waals surface area contributed by atoms with Crippen molar-refractivity contribution in [1.29, 1.82) is 0 Å². The highest BCUT2D eigenvalue weighted by Gasteiger charge is 2.29. The number of ether oxygens (including phenoxy) is 2. The fraction of sp³-hybridized carbons (Fsp3) is 0.818. The average Bonchev–Trinajstić information content (AvgIpc) is 2.73. The van der Waals surface area contributed by atoms with Crippen LogP contribution < -0.4 is 5.73 Å². The van der Waals surface area contributed by atoms with Gasteiger partial charge in [-0.25, -0.2) is 0 Å². The monoisotopic (exact) mass is 240 g/mol. The second-order valence-electron chi connectivity index (χ2n) is 5.12. The molecule has 1 aliphatic rings. The molecule has 2 rings (SSSR count). The minimum Gasteiger partial charge on any atom is -0.376 e. The lowest BCUT2D eigenvalue weighted by Gasteiger charge is -2.29. The topological polar surface area (TPSA) is 75.2 Å². The van der Waals surface area contributed by atoms with E-state index in [2.05, 4.69) is 31.0 Å². The Labute approximate surface area is 101 Å². The first kappa shape index (κ1) is 12.5. The van der Waals surface area contributed by atoms with Crippen molar-refractivity contribution in [2.75, 3.05) is 19.8 Å². The molecular formula is C11H20N4O2. The van der Waals surface area contributed by atoms with Crippen LogP contribution >= 0.6 is 0 Å². The number of nitrogens with two attached hydrogens (primary N) is 1. The Bertz CT molecular complexity index is 377. The quantitative estimate of drug-likeness (QED) is 0.818. The molecule has 96 valence electrons. The van der Waals surface area contributed by atoms with Crippen LogP contribution in [0.25, 0.3) is 0 Å². The zero-order chi connectivity index (χ0) is 12.5. The van der Waals surface area contributed by atoms with Gasteiger partial charge in [0.05, 0.1) is 26.4 Å². The molecule has 1 atom stereocenters. The molecule has 1 aromatic heterocycles. The van der Waals surface area contributed by atoms with Gasteiger partial charge in [-0.15, -0.1) is 10.2 Å². The van der Waals surface area contributed by atoms with Crippen molar-refractivity contribution < 1.29 is 9.47 Å². The summed E-state index contributed by atoms with van der Waals surface area (Å²) in [5.41, 5.74) is 5.58. The van der Waals surface area contributed by atoms with Crippen molar-refractivity contribution in [2.24, 2.45) is 5.73 Å². The van der Waals surface area contributed by atoms with Gasteiger partial charge in [-0.05, 0) is 20.8 Å². The van der Waals surface area contributed by atoms with Gasteiger partial charge in [0.25, 0.3) is 0 Å². The van der Waals surface area contributed by atoms with E-state index in [0.29, 0.717) is 26.4 Å². The fourth-order valence-corrected chi connectivity index (χ4v) is 2.04. The van der Waals surface area contributed by atoms with E-state index in [0.717, 1.165) is 11.6 Å². The third kappa shape index (κ3) is 2.48. The van der Waals surface area contributed by atoms with Crippen LogP contribution in [0.15, 0.2) is 0 Å². The second-order valence-corrected chi connectivity index (χ2v) is 5.12. The maximum Gasteiger partial charge on any atom is 0.165 e. The number of aromatic nitrogens is 3. The van der Waals surface area contributed by atoms with Crippen LogP contribution in [-0.2, 0) is 21.6 Å². The van der Waals surface area contributed by atoms with Gasteiger partial charge in [-0.3, -0.25) is 0 Å². The molecule has 0 amide bonds. The Morgan fingerprint density at radius 1 is 1.35 bits per heavy atom. The van der Waals surface area contributed by atoms with Crippen molar-refractivity contribution in [3.05, 3.63) is 11.6 Å². The number of hydrogen-bond donors (Lipinski definition) is 1. The van der Waals surface area contributed by atoms with Gasteiger partial charge >= 0.3 is 0 Å². The van der Waals surface area contributed by atoms with Crippen molar-refractivity contribution in [3.8, 4) is 0 Å². The van der Waals surface area contributed by atoms with E-state index < -0.39 is 0 Å². The molecule has 0 aliphatic carbocycles. The van der Waals surface area contributed by atoms with Gasteiger partial charge in [-0.1, -0.05) is 0 Å². The van der Waals surface area contributed by atoms with Gasteiger partial charge < -0.3 is 19.8 Å². The minimum atomic E-state index is -0.143. The highest BCUT2D eigenvalue weighted by atomic mass is 16.6. The lowest BCUT2D eigenvalue weighted by Crippen LogP contribution is -2.32. The van der Waals surface area contributed by atoms with E-state index in [9.17, 15) is 0 Å². The van der Waals surface area contributed by atoms with E-state index in [1.165, 1.54) is 0 Å². The van der Waals surface area contributed by atoms with Crippen LogP contribution in [0.3, 0.4) is 0 Å². The van der Waals surface area contributed by atoms with Gasteiger partial charge in [0.1, 0.15) is 11.9 Å². The van der Waals surface area contributed by atoms with Crippen LogP contribution in [-0.4, -0.2) is 34.6 Å². The lowest BCUT2D eigenvalue weighted by atomic mass is 10.1. The standard InChI is InChI=1S/C11H20N4O2/c1-11(2,3)15-9(6-12)13-14-10(15)8-7-16-4-5-17-8/h8H,4-7,12H2,1-3H3. The van der Waals surface area contributed by atoms with Crippen LogP contribution in [0.5, 0.6) is 0 Å². The summed E-state index contributed by atoms with van der Waals surface area (Å²) in [6, 6.07) is 0. The average molecular weight is 240 g/mol. The fourth-order valence-electron chi connectivity index (χ4n) is 2.04. The molecule has 1 saturated heterocycles. The Morgan fingerprint density at radius 3 is 2.65 bits per heavy atom. The van der Waals surface area contributed by atoms with Gasteiger partial charge in [0.2, 0.25) is 0 Å². The highest BCUT2D eigenvalue weighted by Crippen LogP contribution is 2.26. The summed E-state index contributed by atoms with van der Waals surface area (Å²) in [6.45, 7) is 8.44. The molecule has 1 fully saturated rings. The predicted molar refractivity (Wildman–Crippen MR) is 62.4 cm³/mol. The summed E-state index contributed by atoms with van der Waals surface area (Å²) in [5.74, 6) is 1.58. The van der Waals surface area contributed by atoms with Gasteiger partial charge in [0, 0.05) is 5.54 Å². The molecule has 1 aromatic rings. The third-order valence-electron chi connectivity index (χ3n) is 2.71. The van der Waals surface area contributed by atoms with Crippen molar-refractivity contribution >= 4 is 0 Å². The Hall–Kier alpha value is -0.980. The van der Waals surface area contributed by atoms with Crippen LogP contribution in [0.2, 0.25) is 0 Å². The number of nitrogens with zero attached hydrogens (tertiary/aromatic N) is 3. The predicted octanol–water partition coefficient (Wildman–Crippen LogP) is 0.580. The summed E-state index contributed by atoms with van der Waals surface area (Å²) in [4.78, 5) is 0. The third-order valence-corrected chi connectivity index (χ3v) is 2.71. The molecule has 0 spiro atoms. The van der Waals surface area contributed by atoms with Gasteiger partial charge in [-0.2, -0.15) is 0 Å². The van der Waals surface area contributed by atoms with E-state index in [4.69, 9.17) is 15.2 Å². The molecule has 0 radical (unpaired) electrons. The molecule has 2 heterocycles. The first-order chi connectivity index (χ1) is 8.04. The van der Waals surface area contributed by atoms with Crippen molar-refractivity contribution in [2.45, 2.75) is 39.0 Å². The molecule has 1 unspecified atom stereocenters. The number of hydrogen-bond acceptors (Lipinski definition) is 5. The first-order valence-corrected chi connectivity index (χ1v) is 5.88. The summed E-state index contributed by atoms with van der Waals surface area (Å²) < 4.78 is 13.1. The zero-order valence-electron chi connectivity index (χ0n) is 10.6. The Balaban J connectivity index is 2.36. The number of rotatable bonds is 2. The smallest absolute Gasteiger partial charge is 0.165 e. The maximum atomic E-state index is 5.69. The normalized spacial score (nSPS) is 21.8. The van der Waals surface area contributed by atoms with Crippen molar-refractivity contribution in [1.82, 2.24) is 14.8 Å². The Kier molecular flexibility index (Phi) is 3.46. The molecule has 6 heteroatoms. The van der Waals surface area contributed by atoms with E-state index in [1.54, 1.807) is 0 Å². The van der Waals surface area contributed by atoms with Crippen LogP contribution in [0, 0.1) is 0 Å². The van der Waals surface area contributed by atoms with E-state index in [1.807, 2.05) is 4.57 Å². The van der Waals surface area contributed by atoms with Crippen LogP contribution in [0.4, 0.5) is 0 Å². The molecule has 1 aliphatic heterocycles.